The van der Waals surface area contributed by atoms with Crippen LogP contribution in [-0.2, 0) is 8.85 Å². The molecular weight excluding hydrogens is 468 g/mol. The molecule has 0 heterocycles. The fraction of sp³-hybridized carbons (Fsp3) is 1.00. The lowest BCUT2D eigenvalue weighted by molar-refractivity contribution is 0.180. The molecule has 0 aromatic rings. The third-order valence-electron chi connectivity index (χ3n) is 8.14. The Hall–Kier alpha value is 0.137. The van der Waals surface area contributed by atoms with Crippen molar-refractivity contribution < 1.29 is 8.85 Å². The summed E-state index contributed by atoms with van der Waals surface area (Å²) >= 11 is 0. The summed E-state index contributed by atoms with van der Waals surface area (Å²) < 4.78 is 12.8. The summed E-state index contributed by atoms with van der Waals surface area (Å²) in [4.78, 5) is 0. The Balaban J connectivity index is 3.79. The van der Waals surface area contributed by atoms with Crippen LogP contribution in [0, 0.1) is 0 Å². The molecule has 0 aromatic heterocycles. The first-order valence-corrected chi connectivity index (χ1v) is 19.8. The van der Waals surface area contributed by atoms with Crippen molar-refractivity contribution in [3.63, 3.8) is 0 Å². The minimum Gasteiger partial charge on any atom is -0.394 e. The minimum atomic E-state index is -1.99. The highest BCUT2D eigenvalue weighted by Crippen LogP contribution is 2.26. The van der Waals surface area contributed by atoms with Gasteiger partial charge < -0.3 is 8.85 Å². The zero-order valence-electron chi connectivity index (χ0n) is 26.5. The molecule has 37 heavy (non-hydrogen) atoms. The van der Waals surface area contributed by atoms with Crippen LogP contribution in [0.2, 0.25) is 12.1 Å². The van der Waals surface area contributed by atoms with Crippen LogP contribution >= 0.6 is 0 Å². The monoisotopic (exact) mass is 541 g/mol. The number of unbranched alkanes of at least 4 members (excludes halogenated alkanes) is 24. The highest BCUT2D eigenvalue weighted by atomic mass is 28.4. The van der Waals surface area contributed by atoms with Crippen LogP contribution < -0.4 is 0 Å². The van der Waals surface area contributed by atoms with E-state index in [4.69, 9.17) is 8.85 Å². The number of hydrogen-bond acceptors (Lipinski definition) is 2. The summed E-state index contributed by atoms with van der Waals surface area (Å²) in [6, 6.07) is 2.43. The highest BCUT2D eigenvalue weighted by Gasteiger charge is 2.35. The van der Waals surface area contributed by atoms with Crippen molar-refractivity contribution >= 4 is 8.56 Å². The van der Waals surface area contributed by atoms with Gasteiger partial charge >= 0.3 is 8.56 Å². The Morgan fingerprint density at radius 2 is 0.514 bits per heavy atom. The maximum Gasteiger partial charge on any atom is 0.338 e. The molecule has 0 atom stereocenters. The van der Waals surface area contributed by atoms with Crippen LogP contribution in [0.25, 0.3) is 0 Å². The number of hydrogen-bond donors (Lipinski definition) is 0. The van der Waals surface area contributed by atoms with Gasteiger partial charge in [0, 0.05) is 13.2 Å². The van der Waals surface area contributed by atoms with Gasteiger partial charge in [-0.1, -0.05) is 181 Å². The summed E-state index contributed by atoms with van der Waals surface area (Å²) in [6.45, 7) is 10.6. The van der Waals surface area contributed by atoms with Gasteiger partial charge in [-0.15, -0.1) is 0 Å². The van der Waals surface area contributed by atoms with Gasteiger partial charge in [0.15, 0.2) is 0 Å². The van der Waals surface area contributed by atoms with E-state index in [1.54, 1.807) is 0 Å². The Bertz CT molecular complexity index is 409. The maximum absolute atomic E-state index is 6.40. The minimum absolute atomic E-state index is 0.822. The van der Waals surface area contributed by atoms with Gasteiger partial charge in [0.1, 0.15) is 0 Å². The van der Waals surface area contributed by atoms with E-state index >= 15 is 0 Å². The third kappa shape index (κ3) is 26.1. The van der Waals surface area contributed by atoms with Gasteiger partial charge in [0.05, 0.1) is 0 Å². The molecule has 3 heteroatoms. The quantitative estimate of drug-likeness (QED) is 0.0623. The lowest BCUT2D eigenvalue weighted by Crippen LogP contribution is -2.42. The molecule has 224 valence electrons. The maximum atomic E-state index is 6.40. The molecule has 0 aliphatic carbocycles. The summed E-state index contributed by atoms with van der Waals surface area (Å²) in [5.41, 5.74) is 0. The van der Waals surface area contributed by atoms with Crippen molar-refractivity contribution in [1.29, 1.82) is 0 Å². The molecule has 0 saturated carbocycles. The van der Waals surface area contributed by atoms with Crippen molar-refractivity contribution in [2.45, 2.75) is 207 Å². The molecule has 0 rings (SSSR count). The van der Waals surface area contributed by atoms with Crippen molar-refractivity contribution in [2.24, 2.45) is 0 Å². The second-order valence-corrected chi connectivity index (χ2v) is 15.2. The van der Waals surface area contributed by atoms with Gasteiger partial charge in [-0.3, -0.25) is 0 Å². The van der Waals surface area contributed by atoms with Gasteiger partial charge in [0.25, 0.3) is 0 Å². The molecule has 0 N–H and O–H groups in total. The van der Waals surface area contributed by atoms with E-state index in [0.717, 1.165) is 13.2 Å². The van der Waals surface area contributed by atoms with Crippen molar-refractivity contribution in [1.82, 2.24) is 0 Å². The molecule has 0 aliphatic heterocycles. The molecule has 0 aromatic carbocycles. The molecule has 0 spiro atoms. The average molecular weight is 541 g/mol. The molecule has 0 amide bonds. The Morgan fingerprint density at radius 1 is 0.297 bits per heavy atom. The van der Waals surface area contributed by atoms with Gasteiger partial charge in [-0.05, 0) is 25.9 Å². The summed E-state index contributed by atoms with van der Waals surface area (Å²) in [7, 11) is -1.99. The van der Waals surface area contributed by atoms with E-state index in [9.17, 15) is 0 Å². The first-order chi connectivity index (χ1) is 18.2. The van der Waals surface area contributed by atoms with E-state index in [1.165, 1.54) is 179 Å². The summed E-state index contributed by atoms with van der Waals surface area (Å²) in [5, 5.41) is 0. The predicted octanol–water partition coefficient (Wildman–Crippen LogP) is 12.7. The lowest BCUT2D eigenvalue weighted by Gasteiger charge is -2.30. The van der Waals surface area contributed by atoms with Crippen LogP contribution in [0.1, 0.15) is 195 Å². The largest absolute Gasteiger partial charge is 0.394 e. The second-order valence-electron chi connectivity index (χ2n) is 11.8. The summed E-state index contributed by atoms with van der Waals surface area (Å²) in [6.07, 6.45) is 36.9. The Kier molecular flexibility index (Phi) is 30.8. The van der Waals surface area contributed by atoms with Crippen LogP contribution in [0.5, 0.6) is 0 Å². The predicted molar refractivity (Wildman–Crippen MR) is 170 cm³/mol. The molecule has 0 aliphatic rings. The zero-order valence-corrected chi connectivity index (χ0v) is 27.5. The smallest absolute Gasteiger partial charge is 0.338 e. The van der Waals surface area contributed by atoms with Gasteiger partial charge in [0.2, 0.25) is 0 Å². The molecular formula is C34H72O2Si. The average Bonchev–Trinajstić information content (AvgIpc) is 2.90. The molecule has 0 unspecified atom stereocenters. The fourth-order valence-corrected chi connectivity index (χ4v) is 9.35. The molecule has 0 radical (unpaired) electrons. The van der Waals surface area contributed by atoms with Crippen LogP contribution in [-0.4, -0.2) is 21.8 Å². The Morgan fingerprint density at radius 3 is 0.730 bits per heavy atom. The molecule has 0 fully saturated rings. The third-order valence-corrected chi connectivity index (χ3v) is 12.0. The van der Waals surface area contributed by atoms with Crippen molar-refractivity contribution in [3.05, 3.63) is 0 Å². The SMILES string of the molecule is CCCCCCCCCCCCCCCCC[Si](CCCCCCCCCCCCC)(OCC)OCC. The number of rotatable bonds is 32. The fourth-order valence-electron chi connectivity index (χ4n) is 5.81. The van der Waals surface area contributed by atoms with Crippen molar-refractivity contribution in [2.75, 3.05) is 13.2 Å². The molecule has 0 saturated heterocycles. The first-order valence-electron chi connectivity index (χ1n) is 17.5. The van der Waals surface area contributed by atoms with E-state index < -0.39 is 8.56 Å². The van der Waals surface area contributed by atoms with E-state index in [2.05, 4.69) is 27.7 Å². The lowest BCUT2D eigenvalue weighted by atomic mass is 10.0. The van der Waals surface area contributed by atoms with Crippen molar-refractivity contribution in [3.8, 4) is 0 Å². The first kappa shape index (κ1) is 37.1. The summed E-state index contributed by atoms with van der Waals surface area (Å²) in [5.74, 6) is 0. The topological polar surface area (TPSA) is 18.5 Å². The second kappa shape index (κ2) is 30.7. The van der Waals surface area contributed by atoms with Gasteiger partial charge in [-0.25, -0.2) is 0 Å². The highest BCUT2D eigenvalue weighted by molar-refractivity contribution is 6.67. The van der Waals surface area contributed by atoms with Crippen LogP contribution in [0.15, 0.2) is 0 Å². The molecule has 2 nitrogen and oxygen atoms in total. The normalized spacial score (nSPS) is 12.0. The van der Waals surface area contributed by atoms with E-state index in [-0.39, 0.29) is 0 Å². The van der Waals surface area contributed by atoms with Gasteiger partial charge in [-0.2, -0.15) is 0 Å². The van der Waals surface area contributed by atoms with Crippen LogP contribution in [0.3, 0.4) is 0 Å². The Labute approximate surface area is 237 Å². The standard InChI is InChI=1S/C34H72O2Si/c1-5-9-11-13-15-17-19-20-21-22-24-26-28-30-32-34-37(35-7-3,36-8-4)33-31-29-27-25-23-18-16-14-12-10-6-2/h5-34H2,1-4H3. The van der Waals surface area contributed by atoms with E-state index in [1.807, 2.05) is 0 Å². The zero-order chi connectivity index (χ0) is 27.1. The van der Waals surface area contributed by atoms with E-state index in [0.29, 0.717) is 0 Å². The molecule has 0 bridgehead atoms. The van der Waals surface area contributed by atoms with Crippen LogP contribution in [0.4, 0.5) is 0 Å².